The molecule has 0 radical (unpaired) electrons. The number of furan rings is 1. The lowest BCUT2D eigenvalue weighted by atomic mass is 10.0. The smallest absolute Gasteiger partial charge is 0.243 e. The second kappa shape index (κ2) is 14.7. The Balaban J connectivity index is 0.00000450. The van der Waals surface area contributed by atoms with E-state index in [0.29, 0.717) is 24.5 Å². The van der Waals surface area contributed by atoms with Crippen molar-refractivity contribution in [3.05, 3.63) is 24.2 Å². The van der Waals surface area contributed by atoms with Crippen LogP contribution in [-0.4, -0.2) is 74.5 Å². The third kappa shape index (κ3) is 9.68. The van der Waals surface area contributed by atoms with Gasteiger partial charge in [-0.25, -0.2) is 4.99 Å². The lowest BCUT2D eigenvalue weighted by Crippen LogP contribution is -2.50. The van der Waals surface area contributed by atoms with E-state index in [-0.39, 0.29) is 36.4 Å². The van der Waals surface area contributed by atoms with Crippen LogP contribution in [0.2, 0.25) is 0 Å². The summed E-state index contributed by atoms with van der Waals surface area (Å²) in [4.78, 5) is 20.7. The molecule has 30 heavy (non-hydrogen) atoms. The topological polar surface area (TPSA) is 73.1 Å². The molecule has 1 fully saturated rings. The minimum atomic E-state index is -0.00920. The van der Waals surface area contributed by atoms with E-state index in [1.165, 1.54) is 38.8 Å². The molecule has 1 aromatic heterocycles. The summed E-state index contributed by atoms with van der Waals surface area (Å²) in [6.45, 7) is 8.57. The maximum atomic E-state index is 12.0. The Morgan fingerprint density at radius 1 is 1.20 bits per heavy atom. The highest BCUT2D eigenvalue weighted by Crippen LogP contribution is 2.17. The van der Waals surface area contributed by atoms with Crippen molar-refractivity contribution in [1.82, 2.24) is 20.4 Å². The van der Waals surface area contributed by atoms with E-state index in [4.69, 9.17) is 4.42 Å². The number of halogens is 1. The second-order valence-electron chi connectivity index (χ2n) is 8.35. The first-order valence-corrected chi connectivity index (χ1v) is 11.0. The van der Waals surface area contributed by atoms with Crippen molar-refractivity contribution in [2.45, 2.75) is 52.0 Å². The molecule has 1 aromatic rings. The number of carbonyl (C=O) groups is 1. The molecule has 2 rings (SSSR count). The largest absolute Gasteiger partial charge is 0.469 e. The predicted molar refractivity (Wildman–Crippen MR) is 133 cm³/mol. The highest BCUT2D eigenvalue weighted by Gasteiger charge is 2.23. The molecule has 0 aliphatic carbocycles. The summed E-state index contributed by atoms with van der Waals surface area (Å²) < 4.78 is 5.40. The Morgan fingerprint density at radius 3 is 2.47 bits per heavy atom. The minimum Gasteiger partial charge on any atom is -0.469 e. The fraction of sp³-hybridized carbons (Fsp3) is 0.727. The summed E-state index contributed by atoms with van der Waals surface area (Å²) in [6.07, 6.45) is 7.69. The first kappa shape index (κ1) is 26.7. The molecular weight excluding hydrogens is 493 g/mol. The Kier molecular flexibility index (Phi) is 13.1. The van der Waals surface area contributed by atoms with Gasteiger partial charge in [0.15, 0.2) is 5.96 Å². The van der Waals surface area contributed by atoms with Crippen LogP contribution < -0.4 is 10.6 Å². The van der Waals surface area contributed by atoms with Gasteiger partial charge in [0.25, 0.3) is 0 Å². The molecule has 0 bridgehead atoms. The van der Waals surface area contributed by atoms with Gasteiger partial charge >= 0.3 is 0 Å². The number of carbonyl (C=O) groups excluding carboxylic acids is 1. The number of rotatable bonds is 9. The number of likely N-dealkylation sites (N-methyl/N-ethyl adjacent to an activating group) is 1. The minimum absolute atomic E-state index is 0. The van der Waals surface area contributed by atoms with E-state index < -0.39 is 0 Å². The molecule has 0 aromatic carbocycles. The monoisotopic (exact) mass is 533 g/mol. The molecule has 7 nitrogen and oxygen atoms in total. The second-order valence-corrected chi connectivity index (χ2v) is 8.35. The molecule has 1 atom stereocenters. The lowest BCUT2D eigenvalue weighted by molar-refractivity contribution is -0.127. The van der Waals surface area contributed by atoms with Crippen LogP contribution in [-0.2, 0) is 11.2 Å². The molecular formula is C22H40IN5O2. The van der Waals surface area contributed by atoms with Gasteiger partial charge in [-0.1, -0.05) is 26.7 Å². The molecule has 2 heterocycles. The van der Waals surface area contributed by atoms with E-state index in [9.17, 15) is 4.79 Å². The summed E-state index contributed by atoms with van der Waals surface area (Å²) in [5.74, 6) is 2.16. The van der Waals surface area contributed by atoms with Crippen molar-refractivity contribution < 1.29 is 9.21 Å². The molecule has 0 saturated carbocycles. The zero-order chi connectivity index (χ0) is 21.1. The molecule has 1 aliphatic rings. The molecule has 0 spiro atoms. The van der Waals surface area contributed by atoms with Crippen LogP contribution in [0.4, 0.5) is 0 Å². The fourth-order valence-corrected chi connectivity index (χ4v) is 3.64. The maximum absolute atomic E-state index is 12.0. The maximum Gasteiger partial charge on any atom is 0.243 e. The van der Waals surface area contributed by atoms with Crippen molar-refractivity contribution in [2.75, 3.05) is 46.8 Å². The molecule has 1 aliphatic heterocycles. The van der Waals surface area contributed by atoms with Gasteiger partial charge in [-0.05, 0) is 44.0 Å². The van der Waals surface area contributed by atoms with E-state index >= 15 is 0 Å². The fourth-order valence-electron chi connectivity index (χ4n) is 3.64. The number of guanidine groups is 1. The van der Waals surface area contributed by atoms with E-state index in [2.05, 4.69) is 34.4 Å². The van der Waals surface area contributed by atoms with Crippen molar-refractivity contribution in [3.63, 3.8) is 0 Å². The van der Waals surface area contributed by atoms with Crippen LogP contribution in [0.3, 0.4) is 0 Å². The van der Waals surface area contributed by atoms with Crippen LogP contribution in [0.25, 0.3) is 0 Å². The van der Waals surface area contributed by atoms with E-state index in [0.717, 1.165) is 18.7 Å². The third-order valence-electron chi connectivity index (χ3n) is 5.47. The Hall–Kier alpha value is -1.29. The zero-order valence-electron chi connectivity index (χ0n) is 19.0. The van der Waals surface area contributed by atoms with Crippen molar-refractivity contribution in [2.24, 2.45) is 10.9 Å². The number of likely N-dealkylation sites (tertiary alicyclic amines) is 1. The van der Waals surface area contributed by atoms with Gasteiger partial charge in [-0.3, -0.25) is 9.69 Å². The summed E-state index contributed by atoms with van der Waals surface area (Å²) in [6, 6.07) is 4.32. The highest BCUT2D eigenvalue weighted by atomic mass is 127. The molecule has 1 amide bonds. The summed E-state index contributed by atoms with van der Waals surface area (Å²) >= 11 is 0. The number of hydrogen-bond donors (Lipinski definition) is 2. The molecule has 1 unspecified atom stereocenters. The zero-order valence-corrected chi connectivity index (χ0v) is 21.4. The van der Waals surface area contributed by atoms with Crippen LogP contribution in [0.15, 0.2) is 27.8 Å². The average Bonchev–Trinajstić information content (AvgIpc) is 3.06. The van der Waals surface area contributed by atoms with Crippen molar-refractivity contribution in [1.29, 1.82) is 0 Å². The van der Waals surface area contributed by atoms with Gasteiger partial charge in [-0.2, -0.15) is 0 Å². The van der Waals surface area contributed by atoms with Gasteiger partial charge < -0.3 is 20.0 Å². The molecule has 1 saturated heterocycles. The third-order valence-corrected chi connectivity index (χ3v) is 5.47. The van der Waals surface area contributed by atoms with Crippen LogP contribution in [0.1, 0.15) is 45.3 Å². The Bertz CT molecular complexity index is 611. The number of nitrogens with one attached hydrogen (secondary N) is 2. The standard InChI is InChI=1S/C22H39N5O2.HI/c1-18(2)20(27-13-7-5-6-8-14-27)16-24-22(25-17-21(28)26(3)4)23-12-11-19-10-9-15-29-19;/h9-10,15,18,20H,5-8,11-14,16-17H2,1-4H3,(H2,23,24,25);1H. The van der Waals surface area contributed by atoms with Crippen LogP contribution >= 0.6 is 24.0 Å². The van der Waals surface area contributed by atoms with Gasteiger partial charge in [0.1, 0.15) is 12.3 Å². The lowest BCUT2D eigenvalue weighted by Gasteiger charge is -2.34. The van der Waals surface area contributed by atoms with Crippen LogP contribution in [0, 0.1) is 5.92 Å². The van der Waals surface area contributed by atoms with E-state index in [1.807, 2.05) is 12.1 Å². The average molecular weight is 533 g/mol. The Morgan fingerprint density at radius 2 is 1.90 bits per heavy atom. The Labute approximate surface area is 199 Å². The number of nitrogens with zero attached hydrogens (tertiary/aromatic N) is 3. The summed E-state index contributed by atoms with van der Waals surface area (Å²) in [5.41, 5.74) is 0. The number of aliphatic imine (C=N–C) groups is 1. The SMILES string of the molecule is CC(C)C(CNC(=NCC(=O)N(C)C)NCCc1ccco1)N1CCCCCC1.I. The van der Waals surface area contributed by atoms with Gasteiger partial charge in [-0.15, -0.1) is 24.0 Å². The quantitative estimate of drug-likeness (QED) is 0.290. The van der Waals surface area contributed by atoms with Crippen LogP contribution in [0.5, 0.6) is 0 Å². The first-order chi connectivity index (χ1) is 14.0. The predicted octanol–water partition coefficient (Wildman–Crippen LogP) is 2.96. The van der Waals surface area contributed by atoms with Gasteiger partial charge in [0.2, 0.25) is 5.91 Å². The number of amides is 1. The summed E-state index contributed by atoms with van der Waals surface area (Å²) in [5, 5.41) is 6.84. The van der Waals surface area contributed by atoms with Gasteiger partial charge in [0, 0.05) is 39.6 Å². The first-order valence-electron chi connectivity index (χ1n) is 11.0. The normalized spacial score (nSPS) is 16.5. The number of hydrogen-bond acceptors (Lipinski definition) is 4. The van der Waals surface area contributed by atoms with Gasteiger partial charge in [0.05, 0.1) is 6.26 Å². The molecule has 2 N–H and O–H groups in total. The van der Waals surface area contributed by atoms with Crippen molar-refractivity contribution >= 4 is 35.8 Å². The molecule has 8 heteroatoms. The van der Waals surface area contributed by atoms with Crippen molar-refractivity contribution in [3.8, 4) is 0 Å². The summed E-state index contributed by atoms with van der Waals surface area (Å²) in [7, 11) is 3.51. The van der Waals surface area contributed by atoms with E-state index in [1.54, 1.807) is 25.3 Å². The molecule has 172 valence electrons. The highest BCUT2D eigenvalue weighted by molar-refractivity contribution is 14.0.